The number of carbonyl (C=O) groups excluding carboxylic acids is 2. The molecule has 2 amide bonds. The Hall–Kier alpha value is -2.76. The van der Waals surface area contributed by atoms with Gasteiger partial charge in [-0.1, -0.05) is 12.1 Å². The fraction of sp³-hybridized carbons (Fsp3) is 0.0667. The first-order chi connectivity index (χ1) is 10.0. The predicted octanol–water partition coefficient (Wildman–Crippen LogP) is 2.33. The van der Waals surface area contributed by atoms with Crippen molar-refractivity contribution >= 4 is 17.5 Å². The molecule has 0 atom stereocenters. The molecule has 0 saturated carbocycles. The highest BCUT2D eigenvalue weighted by Gasteiger charge is 2.09. The molecule has 0 spiro atoms. The van der Waals surface area contributed by atoms with Gasteiger partial charge in [0.15, 0.2) is 0 Å². The highest BCUT2D eigenvalue weighted by molar-refractivity contribution is 5.99. The van der Waals surface area contributed by atoms with Gasteiger partial charge in [0.2, 0.25) is 5.91 Å². The number of carbonyl (C=O) groups is 2. The van der Waals surface area contributed by atoms with Crippen LogP contribution in [0.3, 0.4) is 0 Å². The lowest BCUT2D eigenvalue weighted by Crippen LogP contribution is -2.32. The third kappa shape index (κ3) is 4.38. The topological polar surface area (TPSA) is 58.2 Å². The first kappa shape index (κ1) is 14.6. The minimum Gasteiger partial charge on any atom is -0.343 e. The SMILES string of the molecule is O=C(CNC(=O)c1cccc(F)c1)Nc1cccc(F)c1. The average Bonchev–Trinajstić information content (AvgIpc) is 2.45. The van der Waals surface area contributed by atoms with Crippen molar-refractivity contribution in [2.45, 2.75) is 0 Å². The summed E-state index contributed by atoms with van der Waals surface area (Å²) in [6.07, 6.45) is 0. The maximum absolute atomic E-state index is 13.0. The number of hydrogen-bond acceptors (Lipinski definition) is 2. The Morgan fingerprint density at radius 2 is 1.62 bits per heavy atom. The smallest absolute Gasteiger partial charge is 0.251 e. The molecule has 0 fully saturated rings. The van der Waals surface area contributed by atoms with Crippen LogP contribution in [0.4, 0.5) is 14.5 Å². The molecule has 2 rings (SSSR count). The zero-order chi connectivity index (χ0) is 15.2. The van der Waals surface area contributed by atoms with E-state index in [0.717, 1.165) is 12.1 Å². The standard InChI is InChI=1S/C15H12F2N2O2/c16-11-4-1-3-10(7-11)15(21)18-9-14(20)19-13-6-2-5-12(17)8-13/h1-8H,9H2,(H,18,21)(H,19,20). The molecule has 108 valence electrons. The molecule has 2 aromatic rings. The highest BCUT2D eigenvalue weighted by Crippen LogP contribution is 2.08. The summed E-state index contributed by atoms with van der Waals surface area (Å²) in [6.45, 7) is -0.300. The summed E-state index contributed by atoms with van der Waals surface area (Å²) in [5.74, 6) is -2.09. The molecule has 0 heterocycles. The Morgan fingerprint density at radius 1 is 0.952 bits per heavy atom. The molecule has 0 aromatic heterocycles. The van der Waals surface area contributed by atoms with Gasteiger partial charge in [0.25, 0.3) is 5.91 Å². The second-order valence-electron chi connectivity index (χ2n) is 4.25. The van der Waals surface area contributed by atoms with Gasteiger partial charge >= 0.3 is 0 Å². The predicted molar refractivity (Wildman–Crippen MR) is 73.8 cm³/mol. The lowest BCUT2D eigenvalue weighted by atomic mass is 10.2. The van der Waals surface area contributed by atoms with E-state index in [1.54, 1.807) is 0 Å². The van der Waals surface area contributed by atoms with E-state index < -0.39 is 23.4 Å². The minimum absolute atomic E-state index is 0.119. The van der Waals surface area contributed by atoms with Crippen molar-refractivity contribution in [3.63, 3.8) is 0 Å². The number of halogens is 2. The summed E-state index contributed by atoms with van der Waals surface area (Å²) in [5.41, 5.74) is 0.411. The molecule has 0 saturated heterocycles. The van der Waals surface area contributed by atoms with Crippen LogP contribution in [0.5, 0.6) is 0 Å². The summed E-state index contributed by atoms with van der Waals surface area (Å²) in [6, 6.07) is 10.5. The van der Waals surface area contributed by atoms with Crippen molar-refractivity contribution in [2.75, 3.05) is 11.9 Å². The fourth-order valence-corrected chi connectivity index (χ4v) is 1.66. The maximum atomic E-state index is 13.0. The summed E-state index contributed by atoms with van der Waals surface area (Å²) >= 11 is 0. The van der Waals surface area contributed by atoms with E-state index in [1.165, 1.54) is 36.4 Å². The monoisotopic (exact) mass is 290 g/mol. The van der Waals surface area contributed by atoms with Crippen LogP contribution < -0.4 is 10.6 Å². The first-order valence-electron chi connectivity index (χ1n) is 6.14. The zero-order valence-corrected chi connectivity index (χ0v) is 10.9. The van der Waals surface area contributed by atoms with Crippen LogP contribution in [0.25, 0.3) is 0 Å². The number of nitrogens with one attached hydrogen (secondary N) is 2. The largest absolute Gasteiger partial charge is 0.343 e. The molecule has 6 heteroatoms. The van der Waals surface area contributed by atoms with Crippen LogP contribution >= 0.6 is 0 Å². The summed E-state index contributed by atoms with van der Waals surface area (Å²) in [7, 11) is 0. The van der Waals surface area contributed by atoms with Crippen molar-refractivity contribution < 1.29 is 18.4 Å². The minimum atomic E-state index is -0.566. The lowest BCUT2D eigenvalue weighted by Gasteiger charge is -2.07. The van der Waals surface area contributed by atoms with Crippen molar-refractivity contribution in [3.05, 3.63) is 65.7 Å². The van der Waals surface area contributed by atoms with Gasteiger partial charge in [-0.25, -0.2) is 8.78 Å². The van der Waals surface area contributed by atoms with E-state index in [2.05, 4.69) is 10.6 Å². The van der Waals surface area contributed by atoms with E-state index >= 15 is 0 Å². The van der Waals surface area contributed by atoms with Crippen LogP contribution in [0, 0.1) is 11.6 Å². The van der Waals surface area contributed by atoms with Crippen LogP contribution in [-0.2, 0) is 4.79 Å². The Morgan fingerprint density at radius 3 is 2.29 bits per heavy atom. The molecule has 0 aliphatic heterocycles. The van der Waals surface area contributed by atoms with Gasteiger partial charge in [0.05, 0.1) is 6.54 Å². The Kier molecular flexibility index (Phi) is 4.61. The quantitative estimate of drug-likeness (QED) is 0.908. The Balaban J connectivity index is 1.88. The third-order valence-electron chi connectivity index (χ3n) is 2.60. The van der Waals surface area contributed by atoms with Crippen molar-refractivity contribution in [3.8, 4) is 0 Å². The normalized spacial score (nSPS) is 10.0. The highest BCUT2D eigenvalue weighted by atomic mass is 19.1. The average molecular weight is 290 g/mol. The molecular weight excluding hydrogens is 278 g/mol. The summed E-state index contributed by atoms with van der Waals surface area (Å²) in [5, 5.41) is 4.78. The van der Waals surface area contributed by atoms with E-state index in [4.69, 9.17) is 0 Å². The first-order valence-corrected chi connectivity index (χ1v) is 6.14. The molecule has 2 aromatic carbocycles. The molecule has 0 aliphatic carbocycles. The number of amides is 2. The molecule has 21 heavy (non-hydrogen) atoms. The van der Waals surface area contributed by atoms with Crippen molar-refractivity contribution in [1.29, 1.82) is 0 Å². The van der Waals surface area contributed by atoms with Gasteiger partial charge in [-0.05, 0) is 36.4 Å². The van der Waals surface area contributed by atoms with Gasteiger partial charge in [-0.15, -0.1) is 0 Å². The van der Waals surface area contributed by atoms with Crippen molar-refractivity contribution in [1.82, 2.24) is 5.32 Å². The molecule has 4 nitrogen and oxygen atoms in total. The molecule has 0 radical (unpaired) electrons. The van der Waals surface area contributed by atoms with E-state index in [0.29, 0.717) is 5.69 Å². The van der Waals surface area contributed by atoms with Gasteiger partial charge in [-0.2, -0.15) is 0 Å². The third-order valence-corrected chi connectivity index (χ3v) is 2.60. The second kappa shape index (κ2) is 6.60. The van der Waals surface area contributed by atoms with Crippen LogP contribution in [0.2, 0.25) is 0 Å². The Bertz CT molecular complexity index is 674. The Labute approximate surface area is 119 Å². The van der Waals surface area contributed by atoms with Crippen molar-refractivity contribution in [2.24, 2.45) is 0 Å². The number of benzene rings is 2. The fourth-order valence-electron chi connectivity index (χ4n) is 1.66. The van der Waals surface area contributed by atoms with Crippen LogP contribution in [-0.4, -0.2) is 18.4 Å². The lowest BCUT2D eigenvalue weighted by molar-refractivity contribution is -0.115. The van der Waals surface area contributed by atoms with Crippen LogP contribution in [0.1, 0.15) is 10.4 Å². The van der Waals surface area contributed by atoms with E-state index in [-0.39, 0.29) is 12.1 Å². The second-order valence-corrected chi connectivity index (χ2v) is 4.25. The molecule has 0 unspecified atom stereocenters. The number of rotatable bonds is 4. The van der Waals surface area contributed by atoms with Gasteiger partial charge < -0.3 is 10.6 Å². The van der Waals surface area contributed by atoms with Gasteiger partial charge in [0, 0.05) is 11.3 Å². The zero-order valence-electron chi connectivity index (χ0n) is 10.9. The summed E-state index contributed by atoms with van der Waals surface area (Å²) < 4.78 is 25.9. The molecule has 2 N–H and O–H groups in total. The van der Waals surface area contributed by atoms with E-state index in [1.807, 2.05) is 0 Å². The van der Waals surface area contributed by atoms with E-state index in [9.17, 15) is 18.4 Å². The van der Waals surface area contributed by atoms with Crippen LogP contribution in [0.15, 0.2) is 48.5 Å². The summed E-state index contributed by atoms with van der Waals surface area (Å²) in [4.78, 5) is 23.3. The number of hydrogen-bond donors (Lipinski definition) is 2. The maximum Gasteiger partial charge on any atom is 0.251 e. The molecular formula is C15H12F2N2O2. The van der Waals surface area contributed by atoms with Gasteiger partial charge in [-0.3, -0.25) is 9.59 Å². The number of anilines is 1. The molecule has 0 bridgehead atoms. The van der Waals surface area contributed by atoms with Gasteiger partial charge in [0.1, 0.15) is 11.6 Å². The molecule has 0 aliphatic rings.